The first-order chi connectivity index (χ1) is 10.5. The minimum absolute atomic E-state index is 0.304. The summed E-state index contributed by atoms with van der Waals surface area (Å²) in [5.74, 6) is 0.692. The third-order valence-corrected chi connectivity index (χ3v) is 5.33. The fraction of sp³-hybridized carbons (Fsp3) is 0.200. The standard InChI is InChI=1S/C15H15ClN2O3S/c1-21-14-4-2-3-11(9-14)15-10-17-22(19,20)18(15)13-7-5-12(16)6-8-13/h2-9,15,17H,10H2,1H3. The van der Waals surface area contributed by atoms with Crippen molar-refractivity contribution in [3.63, 3.8) is 0 Å². The summed E-state index contributed by atoms with van der Waals surface area (Å²) < 4.78 is 33.8. The molecule has 1 N–H and O–H groups in total. The number of hydrogen-bond acceptors (Lipinski definition) is 3. The van der Waals surface area contributed by atoms with Crippen molar-refractivity contribution in [2.75, 3.05) is 18.0 Å². The molecule has 22 heavy (non-hydrogen) atoms. The number of nitrogens with one attached hydrogen (secondary N) is 1. The molecule has 0 bridgehead atoms. The topological polar surface area (TPSA) is 58.6 Å². The van der Waals surface area contributed by atoms with E-state index in [1.807, 2.05) is 24.3 Å². The maximum atomic E-state index is 12.3. The Morgan fingerprint density at radius 3 is 2.64 bits per heavy atom. The van der Waals surface area contributed by atoms with Gasteiger partial charge in [-0.1, -0.05) is 23.7 Å². The van der Waals surface area contributed by atoms with Gasteiger partial charge in [-0.15, -0.1) is 0 Å². The van der Waals surface area contributed by atoms with Crippen LogP contribution in [0.5, 0.6) is 5.75 Å². The van der Waals surface area contributed by atoms with E-state index < -0.39 is 10.2 Å². The molecule has 2 aromatic carbocycles. The number of nitrogens with zero attached hydrogens (tertiary/aromatic N) is 1. The van der Waals surface area contributed by atoms with Gasteiger partial charge in [0.1, 0.15) is 5.75 Å². The van der Waals surface area contributed by atoms with Gasteiger partial charge in [-0.05, 0) is 42.0 Å². The van der Waals surface area contributed by atoms with Crippen molar-refractivity contribution < 1.29 is 13.2 Å². The van der Waals surface area contributed by atoms with Crippen LogP contribution in [0.3, 0.4) is 0 Å². The van der Waals surface area contributed by atoms with Crippen LogP contribution in [-0.4, -0.2) is 22.1 Å². The van der Waals surface area contributed by atoms with Crippen LogP contribution in [0.4, 0.5) is 5.69 Å². The van der Waals surface area contributed by atoms with Crippen molar-refractivity contribution in [1.29, 1.82) is 0 Å². The highest BCUT2D eigenvalue weighted by molar-refractivity contribution is 7.91. The predicted octanol–water partition coefficient (Wildman–Crippen LogP) is 2.74. The lowest BCUT2D eigenvalue weighted by Gasteiger charge is -2.24. The van der Waals surface area contributed by atoms with Crippen LogP contribution >= 0.6 is 11.6 Å². The third-order valence-electron chi connectivity index (χ3n) is 3.56. The lowest BCUT2D eigenvalue weighted by Crippen LogP contribution is -2.30. The molecule has 0 amide bonds. The summed E-state index contributed by atoms with van der Waals surface area (Å²) in [6.45, 7) is 0.304. The number of benzene rings is 2. The summed E-state index contributed by atoms with van der Waals surface area (Å²) in [5, 5.41) is 0.561. The average Bonchev–Trinajstić information content (AvgIpc) is 2.84. The summed E-state index contributed by atoms with van der Waals surface area (Å²) >= 11 is 5.88. The monoisotopic (exact) mass is 338 g/mol. The van der Waals surface area contributed by atoms with E-state index in [0.29, 0.717) is 23.0 Å². The summed E-state index contributed by atoms with van der Waals surface area (Å²) in [7, 11) is -1.99. The SMILES string of the molecule is COc1cccc(C2CNS(=O)(=O)N2c2ccc(Cl)cc2)c1. The molecule has 0 radical (unpaired) electrons. The van der Waals surface area contributed by atoms with Crippen molar-refractivity contribution in [2.45, 2.75) is 6.04 Å². The molecule has 1 saturated heterocycles. The first-order valence-electron chi connectivity index (χ1n) is 6.70. The Bertz CT molecular complexity index is 778. The van der Waals surface area contributed by atoms with Crippen molar-refractivity contribution >= 4 is 27.5 Å². The van der Waals surface area contributed by atoms with Gasteiger partial charge in [0, 0.05) is 11.6 Å². The number of rotatable bonds is 3. The van der Waals surface area contributed by atoms with E-state index in [-0.39, 0.29) is 6.04 Å². The highest BCUT2D eigenvalue weighted by atomic mass is 35.5. The molecule has 1 aliphatic rings. The maximum absolute atomic E-state index is 12.3. The molecule has 0 saturated carbocycles. The number of ether oxygens (including phenoxy) is 1. The Kier molecular flexibility index (Phi) is 3.99. The Balaban J connectivity index is 2.04. The van der Waals surface area contributed by atoms with Crippen molar-refractivity contribution in [3.8, 4) is 5.75 Å². The van der Waals surface area contributed by atoms with Crippen LogP contribution in [0.15, 0.2) is 48.5 Å². The molecule has 5 nitrogen and oxygen atoms in total. The fourth-order valence-electron chi connectivity index (χ4n) is 2.51. The zero-order chi connectivity index (χ0) is 15.7. The average molecular weight is 339 g/mol. The van der Waals surface area contributed by atoms with Crippen LogP contribution in [0.25, 0.3) is 0 Å². The van der Waals surface area contributed by atoms with Gasteiger partial charge in [0.15, 0.2) is 0 Å². The van der Waals surface area contributed by atoms with E-state index in [0.717, 1.165) is 5.56 Å². The Morgan fingerprint density at radius 1 is 1.23 bits per heavy atom. The van der Waals surface area contributed by atoms with Gasteiger partial charge < -0.3 is 4.74 Å². The second kappa shape index (κ2) is 5.79. The molecule has 1 unspecified atom stereocenters. The quantitative estimate of drug-likeness (QED) is 0.936. The fourth-order valence-corrected chi connectivity index (χ4v) is 4.08. The second-order valence-corrected chi connectivity index (χ2v) is 6.99. The van der Waals surface area contributed by atoms with Crippen LogP contribution < -0.4 is 13.8 Å². The Hall–Kier alpha value is -1.76. The molecule has 1 atom stereocenters. The second-order valence-electron chi connectivity index (χ2n) is 4.92. The van der Waals surface area contributed by atoms with Gasteiger partial charge in [-0.25, -0.2) is 4.31 Å². The molecule has 7 heteroatoms. The number of hydrogen-bond donors (Lipinski definition) is 1. The minimum atomic E-state index is -3.57. The first kappa shape index (κ1) is 15.1. The molecular formula is C15H15ClN2O3S. The lowest BCUT2D eigenvalue weighted by molar-refractivity contribution is 0.414. The molecule has 116 valence electrons. The third kappa shape index (κ3) is 2.77. The molecule has 0 aromatic heterocycles. The van der Waals surface area contributed by atoms with Crippen LogP contribution in [0, 0.1) is 0 Å². The summed E-state index contributed by atoms with van der Waals surface area (Å²) in [6.07, 6.45) is 0. The maximum Gasteiger partial charge on any atom is 0.302 e. The van der Waals surface area contributed by atoms with Crippen molar-refractivity contribution in [2.24, 2.45) is 0 Å². The van der Waals surface area contributed by atoms with Crippen LogP contribution in [0.2, 0.25) is 5.02 Å². The molecule has 1 fully saturated rings. The molecule has 2 aromatic rings. The summed E-state index contributed by atoms with van der Waals surface area (Å²) in [5.41, 5.74) is 1.44. The Morgan fingerprint density at radius 2 is 1.95 bits per heavy atom. The molecular weight excluding hydrogens is 324 g/mol. The summed E-state index contributed by atoms with van der Waals surface area (Å²) in [4.78, 5) is 0. The smallest absolute Gasteiger partial charge is 0.302 e. The minimum Gasteiger partial charge on any atom is -0.497 e. The van der Waals surface area contributed by atoms with Gasteiger partial charge in [0.25, 0.3) is 0 Å². The van der Waals surface area contributed by atoms with E-state index in [4.69, 9.17) is 16.3 Å². The first-order valence-corrected chi connectivity index (χ1v) is 8.51. The van der Waals surface area contributed by atoms with Crippen molar-refractivity contribution in [3.05, 3.63) is 59.1 Å². The number of anilines is 1. The highest BCUT2D eigenvalue weighted by Crippen LogP contribution is 2.35. The van der Waals surface area contributed by atoms with E-state index in [1.165, 1.54) is 4.31 Å². The largest absolute Gasteiger partial charge is 0.497 e. The van der Waals surface area contributed by atoms with Gasteiger partial charge in [-0.2, -0.15) is 13.1 Å². The zero-order valence-electron chi connectivity index (χ0n) is 11.9. The van der Waals surface area contributed by atoms with Crippen LogP contribution in [0.1, 0.15) is 11.6 Å². The van der Waals surface area contributed by atoms with Gasteiger partial charge in [-0.3, -0.25) is 0 Å². The Labute approximate surface area is 134 Å². The number of halogens is 1. The summed E-state index contributed by atoms with van der Waals surface area (Å²) in [6, 6.07) is 13.8. The van der Waals surface area contributed by atoms with E-state index in [9.17, 15) is 8.42 Å². The van der Waals surface area contributed by atoms with Gasteiger partial charge in [0.05, 0.1) is 18.8 Å². The van der Waals surface area contributed by atoms with E-state index in [1.54, 1.807) is 31.4 Å². The normalized spacial score (nSPS) is 20.1. The highest BCUT2D eigenvalue weighted by Gasteiger charge is 2.38. The van der Waals surface area contributed by atoms with Crippen molar-refractivity contribution in [1.82, 2.24) is 4.72 Å². The van der Waals surface area contributed by atoms with E-state index in [2.05, 4.69) is 4.72 Å². The van der Waals surface area contributed by atoms with Gasteiger partial charge in [0.2, 0.25) is 0 Å². The molecule has 1 aliphatic heterocycles. The van der Waals surface area contributed by atoms with Gasteiger partial charge >= 0.3 is 10.2 Å². The number of methoxy groups -OCH3 is 1. The molecule has 3 rings (SSSR count). The van der Waals surface area contributed by atoms with Crippen LogP contribution in [-0.2, 0) is 10.2 Å². The molecule has 0 spiro atoms. The predicted molar refractivity (Wildman–Crippen MR) is 86.6 cm³/mol. The lowest BCUT2D eigenvalue weighted by atomic mass is 10.1. The van der Waals surface area contributed by atoms with E-state index >= 15 is 0 Å². The molecule has 0 aliphatic carbocycles. The molecule has 1 heterocycles. The zero-order valence-corrected chi connectivity index (χ0v) is 13.4.